The molecular weight excluding hydrogens is 459 g/mol. The van der Waals surface area contributed by atoms with Crippen LogP contribution in [0.4, 0.5) is 21.6 Å². The summed E-state index contributed by atoms with van der Waals surface area (Å²) in [6, 6.07) is 21.5. The lowest BCUT2D eigenvalue weighted by atomic mass is 10.1. The molecule has 5 nitrogen and oxygen atoms in total. The van der Waals surface area contributed by atoms with E-state index in [-0.39, 0.29) is 12.4 Å². The van der Waals surface area contributed by atoms with Crippen LogP contribution in [0.2, 0.25) is 5.02 Å². The van der Waals surface area contributed by atoms with Gasteiger partial charge >= 0.3 is 0 Å². The Kier molecular flexibility index (Phi) is 5.81. The highest BCUT2D eigenvalue weighted by molar-refractivity contribution is 7.21. The largest absolute Gasteiger partial charge is 0.487 e. The number of hydrogen-bond donors (Lipinski definition) is 2. The molecule has 8 heteroatoms. The molecule has 0 aliphatic rings. The van der Waals surface area contributed by atoms with Crippen LogP contribution in [0.15, 0.2) is 79.1 Å². The molecule has 5 aromatic rings. The van der Waals surface area contributed by atoms with Crippen molar-refractivity contribution in [3.05, 3.63) is 95.5 Å². The van der Waals surface area contributed by atoms with Gasteiger partial charge in [-0.1, -0.05) is 35.9 Å². The van der Waals surface area contributed by atoms with Gasteiger partial charge < -0.3 is 15.8 Å². The smallest absolute Gasteiger partial charge is 0.142 e. The second-order valence-corrected chi connectivity index (χ2v) is 8.80. The first-order chi connectivity index (χ1) is 16.0. The molecule has 0 aliphatic heterocycles. The molecule has 5 rings (SSSR count). The minimum absolute atomic E-state index is 0.222. The minimum atomic E-state index is -0.300. The predicted octanol–water partition coefficient (Wildman–Crippen LogP) is 7.06. The van der Waals surface area contributed by atoms with Crippen LogP contribution in [0, 0.1) is 5.82 Å². The molecule has 0 spiro atoms. The first-order valence-electron chi connectivity index (χ1n) is 10.1. The summed E-state index contributed by atoms with van der Waals surface area (Å²) in [5.74, 6) is 0.897. The molecule has 33 heavy (non-hydrogen) atoms. The summed E-state index contributed by atoms with van der Waals surface area (Å²) in [7, 11) is 0. The molecule has 0 aliphatic carbocycles. The van der Waals surface area contributed by atoms with Crippen LogP contribution in [0.5, 0.6) is 5.75 Å². The number of rotatable bonds is 6. The van der Waals surface area contributed by atoms with Crippen LogP contribution in [0.25, 0.3) is 20.7 Å². The molecule has 164 valence electrons. The van der Waals surface area contributed by atoms with E-state index in [1.54, 1.807) is 35.6 Å². The Labute approximate surface area is 198 Å². The summed E-state index contributed by atoms with van der Waals surface area (Å²) in [5.41, 5.74) is 9.09. The molecule has 0 radical (unpaired) electrons. The minimum Gasteiger partial charge on any atom is -0.487 e. The fourth-order valence-electron chi connectivity index (χ4n) is 3.37. The highest BCUT2D eigenvalue weighted by Gasteiger charge is 2.12. The third kappa shape index (κ3) is 4.74. The average Bonchev–Trinajstić information content (AvgIpc) is 3.24. The van der Waals surface area contributed by atoms with Gasteiger partial charge in [0.25, 0.3) is 0 Å². The van der Waals surface area contributed by atoms with E-state index < -0.39 is 0 Å². The van der Waals surface area contributed by atoms with Crippen molar-refractivity contribution in [3.63, 3.8) is 0 Å². The van der Waals surface area contributed by atoms with Crippen LogP contribution >= 0.6 is 22.9 Å². The molecule has 0 unspecified atom stereocenters. The SMILES string of the molecule is Nc1ccc(-c2cc3c(Nc4ccc(OCc5cccc(F)c5)c(Cl)c4)ncnc3s2)cc1. The summed E-state index contributed by atoms with van der Waals surface area (Å²) in [4.78, 5) is 10.8. The van der Waals surface area contributed by atoms with Gasteiger partial charge in [0.15, 0.2) is 0 Å². The quantitative estimate of drug-likeness (QED) is 0.257. The molecule has 0 atom stereocenters. The number of benzene rings is 3. The molecule has 0 amide bonds. The molecule has 3 aromatic carbocycles. The van der Waals surface area contributed by atoms with Crippen LogP contribution in [0.1, 0.15) is 5.56 Å². The molecule has 0 saturated heterocycles. The Morgan fingerprint density at radius 3 is 2.64 bits per heavy atom. The fraction of sp³-hybridized carbons (Fsp3) is 0.0400. The number of nitrogens with one attached hydrogen (secondary N) is 1. The van der Waals surface area contributed by atoms with E-state index in [1.165, 1.54) is 18.5 Å². The van der Waals surface area contributed by atoms with E-state index in [1.807, 2.05) is 30.3 Å². The second-order valence-electron chi connectivity index (χ2n) is 7.36. The van der Waals surface area contributed by atoms with Crippen molar-refractivity contribution in [2.45, 2.75) is 6.61 Å². The number of fused-ring (bicyclic) bond motifs is 1. The molecule has 0 saturated carbocycles. The third-order valence-corrected chi connectivity index (χ3v) is 6.39. The third-order valence-electron chi connectivity index (χ3n) is 5.00. The Hall–Kier alpha value is -3.68. The molecule has 3 N–H and O–H groups in total. The summed E-state index contributed by atoms with van der Waals surface area (Å²) >= 11 is 8.02. The second kappa shape index (κ2) is 9.05. The van der Waals surface area contributed by atoms with E-state index in [0.717, 1.165) is 37.6 Å². The van der Waals surface area contributed by atoms with Crippen molar-refractivity contribution in [1.82, 2.24) is 9.97 Å². The number of thiophene rings is 1. The monoisotopic (exact) mass is 476 g/mol. The zero-order valence-corrected chi connectivity index (χ0v) is 18.8. The predicted molar refractivity (Wildman–Crippen MR) is 133 cm³/mol. The number of anilines is 3. The number of hydrogen-bond acceptors (Lipinski definition) is 6. The van der Waals surface area contributed by atoms with E-state index in [9.17, 15) is 4.39 Å². The average molecular weight is 477 g/mol. The number of nitrogen functional groups attached to an aromatic ring is 1. The number of nitrogens with two attached hydrogens (primary N) is 1. The van der Waals surface area contributed by atoms with Crippen LogP contribution in [-0.2, 0) is 6.61 Å². The highest BCUT2D eigenvalue weighted by Crippen LogP contribution is 2.37. The Morgan fingerprint density at radius 1 is 1.00 bits per heavy atom. The lowest BCUT2D eigenvalue weighted by molar-refractivity contribution is 0.306. The van der Waals surface area contributed by atoms with Crippen LogP contribution < -0.4 is 15.8 Å². The van der Waals surface area contributed by atoms with Gasteiger partial charge in [0.05, 0.1) is 10.4 Å². The van der Waals surface area contributed by atoms with Gasteiger partial charge in [-0.15, -0.1) is 11.3 Å². The first kappa shape index (κ1) is 21.2. The summed E-state index contributed by atoms with van der Waals surface area (Å²) in [5, 5.41) is 4.67. The summed E-state index contributed by atoms with van der Waals surface area (Å²) < 4.78 is 19.1. The van der Waals surface area contributed by atoms with Gasteiger partial charge in [0, 0.05) is 16.3 Å². The van der Waals surface area contributed by atoms with Crippen molar-refractivity contribution in [1.29, 1.82) is 0 Å². The molecular formula is C25H18ClFN4OS. The normalized spacial score (nSPS) is 11.0. The van der Waals surface area contributed by atoms with Gasteiger partial charge in [0.2, 0.25) is 0 Å². The van der Waals surface area contributed by atoms with Gasteiger partial charge in [-0.05, 0) is 59.7 Å². The lowest BCUT2D eigenvalue weighted by Gasteiger charge is -2.11. The number of halogens is 2. The van der Waals surface area contributed by atoms with Crippen molar-refractivity contribution in [2.75, 3.05) is 11.1 Å². The van der Waals surface area contributed by atoms with Gasteiger partial charge in [0.1, 0.15) is 35.1 Å². The standard InChI is InChI=1S/C25H18ClFN4OS/c26-21-11-19(8-9-22(21)32-13-15-2-1-3-17(27)10-15)31-24-20-12-23(33-25(20)30-14-29-24)16-4-6-18(28)7-5-16/h1-12,14H,13,28H2,(H,29,30,31). The maximum absolute atomic E-state index is 13.4. The Bertz CT molecular complexity index is 1440. The van der Waals surface area contributed by atoms with Crippen LogP contribution in [0.3, 0.4) is 0 Å². The maximum Gasteiger partial charge on any atom is 0.142 e. The Morgan fingerprint density at radius 2 is 1.85 bits per heavy atom. The lowest BCUT2D eigenvalue weighted by Crippen LogP contribution is -1.98. The molecule has 2 heterocycles. The van der Waals surface area contributed by atoms with E-state index in [4.69, 9.17) is 22.1 Å². The van der Waals surface area contributed by atoms with E-state index in [0.29, 0.717) is 16.6 Å². The summed E-state index contributed by atoms with van der Waals surface area (Å²) in [6.07, 6.45) is 1.53. The van der Waals surface area contributed by atoms with E-state index >= 15 is 0 Å². The number of aromatic nitrogens is 2. The zero-order valence-electron chi connectivity index (χ0n) is 17.3. The molecule has 0 bridgehead atoms. The van der Waals surface area contributed by atoms with Crippen molar-refractivity contribution < 1.29 is 9.13 Å². The molecule has 2 aromatic heterocycles. The Balaban J connectivity index is 1.36. The number of nitrogens with zero attached hydrogens (tertiary/aromatic N) is 2. The highest BCUT2D eigenvalue weighted by atomic mass is 35.5. The van der Waals surface area contributed by atoms with Gasteiger partial charge in [-0.3, -0.25) is 0 Å². The fourth-order valence-corrected chi connectivity index (χ4v) is 4.60. The van der Waals surface area contributed by atoms with Gasteiger partial charge in [-0.25, -0.2) is 14.4 Å². The maximum atomic E-state index is 13.4. The van der Waals surface area contributed by atoms with Gasteiger partial charge in [-0.2, -0.15) is 0 Å². The van der Waals surface area contributed by atoms with Crippen LogP contribution in [-0.4, -0.2) is 9.97 Å². The van der Waals surface area contributed by atoms with Crippen molar-refractivity contribution in [3.8, 4) is 16.2 Å². The first-order valence-corrected chi connectivity index (χ1v) is 11.3. The van der Waals surface area contributed by atoms with Crippen molar-refractivity contribution in [2.24, 2.45) is 0 Å². The van der Waals surface area contributed by atoms with E-state index in [2.05, 4.69) is 21.4 Å². The number of ether oxygens (including phenoxy) is 1. The summed E-state index contributed by atoms with van der Waals surface area (Å²) in [6.45, 7) is 0.222. The topological polar surface area (TPSA) is 73.1 Å². The zero-order chi connectivity index (χ0) is 22.8. The molecule has 0 fully saturated rings. The van der Waals surface area contributed by atoms with Crippen molar-refractivity contribution >= 4 is 50.3 Å².